The fraction of sp³-hybridized carbons (Fsp3) is 0.407. The summed E-state index contributed by atoms with van der Waals surface area (Å²) in [4.78, 5) is 25.4. The number of esters is 1. The maximum atomic E-state index is 13.2. The predicted molar refractivity (Wildman–Crippen MR) is 136 cm³/mol. The molecule has 0 saturated carbocycles. The molecular formula is C27H33NO6S. The number of fused-ring (bicyclic) bond motifs is 1. The molecule has 2 unspecified atom stereocenters. The lowest BCUT2D eigenvalue weighted by Crippen LogP contribution is -2.47. The number of hydrogen-bond donors (Lipinski definition) is 1. The Hall–Kier alpha value is -2.97. The van der Waals surface area contributed by atoms with Crippen LogP contribution in [0, 0.1) is 19.8 Å². The standard InChI is InChI=1S/C27H33NO6S/c1-6-8-9-20-16-24(29)34-26-19(5)23(15-14-22(20)26)33-27(30)25(18(4)7-2)28-35(31,32)21-12-10-17(3)11-13-21/h10-16,18,25,28H,6-9H2,1-5H3. The van der Waals surface area contributed by atoms with E-state index in [-0.39, 0.29) is 16.6 Å². The number of sulfonamides is 1. The van der Waals surface area contributed by atoms with Crippen molar-refractivity contribution in [2.75, 3.05) is 0 Å². The SMILES string of the molecule is CCCCc1cc(=O)oc2c(C)c(OC(=O)C(NS(=O)(=O)c3ccc(C)cc3)C(C)CC)ccc12. The van der Waals surface area contributed by atoms with Gasteiger partial charge in [0.2, 0.25) is 10.0 Å². The van der Waals surface area contributed by atoms with Gasteiger partial charge in [-0.05, 0) is 62.4 Å². The summed E-state index contributed by atoms with van der Waals surface area (Å²) in [5, 5.41) is 0.800. The molecule has 7 nitrogen and oxygen atoms in total. The number of carbonyl (C=O) groups is 1. The Bertz CT molecular complexity index is 1360. The van der Waals surface area contributed by atoms with Crippen LogP contribution in [0.15, 0.2) is 56.6 Å². The summed E-state index contributed by atoms with van der Waals surface area (Å²) in [6.45, 7) is 9.32. The molecule has 0 amide bonds. The molecule has 0 radical (unpaired) electrons. The Labute approximate surface area is 206 Å². The molecule has 0 aliphatic rings. The second-order valence-electron chi connectivity index (χ2n) is 8.98. The minimum atomic E-state index is -3.94. The summed E-state index contributed by atoms with van der Waals surface area (Å²) in [7, 11) is -3.94. The monoisotopic (exact) mass is 499 g/mol. The van der Waals surface area contributed by atoms with Gasteiger partial charge in [0.05, 0.1) is 4.90 Å². The number of carbonyl (C=O) groups excluding carboxylic acids is 1. The van der Waals surface area contributed by atoms with Crippen LogP contribution in [0.5, 0.6) is 5.75 Å². The summed E-state index contributed by atoms with van der Waals surface area (Å²) in [5.41, 5.74) is 2.24. The van der Waals surface area contributed by atoms with Gasteiger partial charge >= 0.3 is 11.6 Å². The minimum Gasteiger partial charge on any atom is -0.425 e. The maximum absolute atomic E-state index is 13.2. The quantitative estimate of drug-likeness (QED) is 0.238. The summed E-state index contributed by atoms with van der Waals surface area (Å²) in [6.07, 6.45) is 3.23. The summed E-state index contributed by atoms with van der Waals surface area (Å²) >= 11 is 0. The highest BCUT2D eigenvalue weighted by Gasteiger charge is 2.32. The Balaban J connectivity index is 1.92. The van der Waals surface area contributed by atoms with Gasteiger partial charge in [-0.25, -0.2) is 18.0 Å². The van der Waals surface area contributed by atoms with E-state index >= 15 is 0 Å². The third-order valence-corrected chi connectivity index (χ3v) is 7.74. The minimum absolute atomic E-state index is 0.0764. The highest BCUT2D eigenvalue weighted by Crippen LogP contribution is 2.30. The lowest BCUT2D eigenvalue weighted by Gasteiger charge is -2.23. The van der Waals surface area contributed by atoms with E-state index < -0.39 is 27.7 Å². The van der Waals surface area contributed by atoms with E-state index in [0.29, 0.717) is 17.6 Å². The number of benzene rings is 2. The molecule has 0 aliphatic carbocycles. The fourth-order valence-electron chi connectivity index (χ4n) is 3.85. The number of rotatable bonds is 10. The Kier molecular flexibility index (Phi) is 8.51. The molecule has 8 heteroatoms. The van der Waals surface area contributed by atoms with Gasteiger partial charge < -0.3 is 9.15 Å². The third-order valence-electron chi connectivity index (χ3n) is 6.29. The molecule has 0 saturated heterocycles. The van der Waals surface area contributed by atoms with E-state index in [1.54, 1.807) is 38.1 Å². The molecule has 3 aromatic rings. The number of hydrogen-bond acceptors (Lipinski definition) is 6. The first kappa shape index (κ1) is 26.6. The number of aryl methyl sites for hydroxylation is 3. The molecular weight excluding hydrogens is 466 g/mol. The largest absolute Gasteiger partial charge is 0.425 e. The second-order valence-corrected chi connectivity index (χ2v) is 10.7. The van der Waals surface area contributed by atoms with E-state index in [0.717, 1.165) is 35.8 Å². The van der Waals surface area contributed by atoms with Crippen LogP contribution in [0.3, 0.4) is 0 Å². The van der Waals surface area contributed by atoms with E-state index in [2.05, 4.69) is 11.6 Å². The van der Waals surface area contributed by atoms with Gasteiger partial charge in [0.15, 0.2) is 0 Å². The molecule has 2 atom stereocenters. The average molecular weight is 500 g/mol. The summed E-state index contributed by atoms with van der Waals surface area (Å²) in [5.74, 6) is -0.815. The zero-order valence-electron chi connectivity index (χ0n) is 20.9. The fourth-order valence-corrected chi connectivity index (χ4v) is 5.14. The van der Waals surface area contributed by atoms with Crippen molar-refractivity contribution < 1.29 is 22.4 Å². The first-order valence-corrected chi connectivity index (χ1v) is 13.4. The van der Waals surface area contributed by atoms with Crippen LogP contribution in [0.2, 0.25) is 0 Å². The molecule has 1 N–H and O–H groups in total. The van der Waals surface area contributed by atoms with E-state index in [4.69, 9.17) is 9.15 Å². The normalized spacial score (nSPS) is 13.5. The first-order chi connectivity index (χ1) is 16.6. The first-order valence-electron chi connectivity index (χ1n) is 11.9. The maximum Gasteiger partial charge on any atom is 0.336 e. The molecule has 35 heavy (non-hydrogen) atoms. The van der Waals surface area contributed by atoms with Crippen LogP contribution in [0.4, 0.5) is 0 Å². The molecule has 0 spiro atoms. The van der Waals surface area contributed by atoms with Gasteiger partial charge in [0, 0.05) is 17.0 Å². The van der Waals surface area contributed by atoms with Crippen molar-refractivity contribution in [1.29, 1.82) is 0 Å². The molecule has 0 aliphatic heterocycles. The topological polar surface area (TPSA) is 103 Å². The van der Waals surface area contributed by atoms with Crippen molar-refractivity contribution in [3.63, 3.8) is 0 Å². The van der Waals surface area contributed by atoms with Crippen LogP contribution < -0.4 is 15.1 Å². The smallest absolute Gasteiger partial charge is 0.336 e. The van der Waals surface area contributed by atoms with Crippen molar-refractivity contribution in [2.24, 2.45) is 5.92 Å². The van der Waals surface area contributed by atoms with Crippen LogP contribution in [0.25, 0.3) is 11.0 Å². The van der Waals surface area contributed by atoms with Gasteiger partial charge in [0.1, 0.15) is 17.4 Å². The van der Waals surface area contributed by atoms with E-state index in [9.17, 15) is 18.0 Å². The van der Waals surface area contributed by atoms with Crippen LogP contribution >= 0.6 is 0 Å². The Morgan fingerprint density at radius 3 is 2.40 bits per heavy atom. The van der Waals surface area contributed by atoms with Crippen molar-refractivity contribution in [2.45, 2.75) is 71.2 Å². The van der Waals surface area contributed by atoms with Crippen LogP contribution in [-0.2, 0) is 21.2 Å². The van der Waals surface area contributed by atoms with Crippen molar-refractivity contribution in [3.05, 3.63) is 69.6 Å². The molecule has 0 fully saturated rings. The zero-order valence-corrected chi connectivity index (χ0v) is 21.7. The molecule has 188 valence electrons. The van der Waals surface area contributed by atoms with Gasteiger partial charge in [-0.15, -0.1) is 0 Å². The number of ether oxygens (including phenoxy) is 1. The second kappa shape index (κ2) is 11.2. The molecule has 1 aromatic heterocycles. The van der Waals surface area contributed by atoms with E-state index in [1.807, 2.05) is 13.8 Å². The summed E-state index contributed by atoms with van der Waals surface area (Å²) < 4.78 is 39.6. The van der Waals surface area contributed by atoms with Gasteiger partial charge in [-0.3, -0.25) is 0 Å². The highest BCUT2D eigenvalue weighted by atomic mass is 32.2. The van der Waals surface area contributed by atoms with Gasteiger partial charge in [0.25, 0.3) is 0 Å². The van der Waals surface area contributed by atoms with Gasteiger partial charge in [-0.1, -0.05) is 51.3 Å². The predicted octanol–water partition coefficient (Wildman–Crippen LogP) is 5.05. The van der Waals surface area contributed by atoms with Crippen LogP contribution in [0.1, 0.15) is 56.7 Å². The van der Waals surface area contributed by atoms with Crippen molar-refractivity contribution in [1.82, 2.24) is 4.72 Å². The van der Waals surface area contributed by atoms with Gasteiger partial charge in [-0.2, -0.15) is 4.72 Å². The van der Waals surface area contributed by atoms with E-state index in [1.165, 1.54) is 18.2 Å². The average Bonchev–Trinajstić information content (AvgIpc) is 2.82. The molecule has 2 aromatic carbocycles. The van der Waals surface area contributed by atoms with Crippen LogP contribution in [-0.4, -0.2) is 20.4 Å². The molecule has 3 rings (SSSR count). The lowest BCUT2D eigenvalue weighted by atomic mass is 10.00. The molecule has 0 bridgehead atoms. The number of nitrogens with one attached hydrogen (secondary N) is 1. The Morgan fingerprint density at radius 2 is 1.77 bits per heavy atom. The highest BCUT2D eigenvalue weighted by molar-refractivity contribution is 7.89. The lowest BCUT2D eigenvalue weighted by molar-refractivity contribution is -0.137. The number of unbranched alkanes of at least 4 members (excludes halogenated alkanes) is 1. The third kappa shape index (κ3) is 6.18. The zero-order chi connectivity index (χ0) is 25.8. The van der Waals surface area contributed by atoms with Crippen molar-refractivity contribution in [3.8, 4) is 5.75 Å². The summed E-state index contributed by atoms with van der Waals surface area (Å²) in [6, 6.07) is 10.2. The Morgan fingerprint density at radius 1 is 1.09 bits per heavy atom. The molecule has 1 heterocycles. The van der Waals surface area contributed by atoms with Crippen molar-refractivity contribution >= 4 is 27.0 Å².